The van der Waals surface area contributed by atoms with Crippen LogP contribution in [0.25, 0.3) is 11.4 Å². The average molecular weight is 416 g/mol. The van der Waals surface area contributed by atoms with E-state index >= 15 is 0 Å². The lowest BCUT2D eigenvalue weighted by Crippen LogP contribution is -2.23. The molecule has 0 atom stereocenters. The third kappa shape index (κ3) is 5.05. The van der Waals surface area contributed by atoms with E-state index < -0.39 is 0 Å². The topological polar surface area (TPSA) is 99.4 Å². The number of rotatable bonds is 8. The lowest BCUT2D eigenvalue weighted by Gasteiger charge is -2.10. The van der Waals surface area contributed by atoms with Crippen LogP contribution in [0.1, 0.15) is 21.8 Å². The summed E-state index contributed by atoms with van der Waals surface area (Å²) in [6, 6.07) is 18.0. The SMILES string of the molecule is COc1ccc(-c2noc(COc3ccccc3C(=O)NCc3cccnc3)n2)cc1. The first-order valence-electron chi connectivity index (χ1n) is 9.59. The predicted octanol–water partition coefficient (Wildman–Crippen LogP) is 3.65. The number of amides is 1. The average Bonchev–Trinajstić information content (AvgIpc) is 3.31. The van der Waals surface area contributed by atoms with Crippen molar-refractivity contribution >= 4 is 5.91 Å². The van der Waals surface area contributed by atoms with Crippen LogP contribution in [0.5, 0.6) is 11.5 Å². The van der Waals surface area contributed by atoms with Crippen LogP contribution >= 0.6 is 0 Å². The maximum Gasteiger partial charge on any atom is 0.264 e. The highest BCUT2D eigenvalue weighted by Gasteiger charge is 2.14. The molecule has 4 rings (SSSR count). The van der Waals surface area contributed by atoms with Crippen molar-refractivity contribution in [3.63, 3.8) is 0 Å². The number of carbonyl (C=O) groups excluding carboxylic acids is 1. The van der Waals surface area contributed by atoms with Crippen molar-refractivity contribution < 1.29 is 18.8 Å². The molecule has 156 valence electrons. The molecule has 2 aromatic carbocycles. The summed E-state index contributed by atoms with van der Waals surface area (Å²) in [5.74, 6) is 1.67. The normalized spacial score (nSPS) is 10.5. The molecule has 0 unspecified atom stereocenters. The molecular weight excluding hydrogens is 396 g/mol. The summed E-state index contributed by atoms with van der Waals surface area (Å²) in [5, 5.41) is 6.85. The largest absolute Gasteiger partial charge is 0.497 e. The fourth-order valence-electron chi connectivity index (χ4n) is 2.87. The molecule has 0 saturated carbocycles. The highest BCUT2D eigenvalue weighted by atomic mass is 16.5. The van der Waals surface area contributed by atoms with Gasteiger partial charge in [0.2, 0.25) is 5.82 Å². The summed E-state index contributed by atoms with van der Waals surface area (Å²) >= 11 is 0. The quantitative estimate of drug-likeness (QED) is 0.468. The Morgan fingerprint density at radius 3 is 2.68 bits per heavy atom. The van der Waals surface area contributed by atoms with Crippen LogP contribution in [0.2, 0.25) is 0 Å². The molecule has 0 aliphatic heterocycles. The third-order valence-corrected chi connectivity index (χ3v) is 4.48. The molecule has 1 N–H and O–H groups in total. The molecule has 1 amide bonds. The summed E-state index contributed by atoms with van der Waals surface area (Å²) in [6.07, 6.45) is 3.39. The number of aromatic nitrogens is 3. The number of ether oxygens (including phenoxy) is 2. The fraction of sp³-hybridized carbons (Fsp3) is 0.130. The van der Waals surface area contributed by atoms with Crippen LogP contribution < -0.4 is 14.8 Å². The van der Waals surface area contributed by atoms with E-state index in [1.807, 2.05) is 36.4 Å². The zero-order valence-corrected chi connectivity index (χ0v) is 16.8. The molecule has 8 nitrogen and oxygen atoms in total. The lowest BCUT2D eigenvalue weighted by molar-refractivity contribution is 0.0945. The smallest absolute Gasteiger partial charge is 0.264 e. The van der Waals surface area contributed by atoms with E-state index in [2.05, 4.69) is 20.4 Å². The van der Waals surface area contributed by atoms with Crippen molar-refractivity contribution in [2.45, 2.75) is 13.2 Å². The molecule has 0 spiro atoms. The highest BCUT2D eigenvalue weighted by molar-refractivity contribution is 5.96. The van der Waals surface area contributed by atoms with Crippen LogP contribution in [0.15, 0.2) is 77.6 Å². The number of methoxy groups -OCH3 is 1. The predicted molar refractivity (Wildman–Crippen MR) is 112 cm³/mol. The van der Waals surface area contributed by atoms with Gasteiger partial charge in [0.1, 0.15) is 11.5 Å². The van der Waals surface area contributed by atoms with Crippen molar-refractivity contribution in [3.8, 4) is 22.9 Å². The van der Waals surface area contributed by atoms with Crippen molar-refractivity contribution in [1.82, 2.24) is 20.4 Å². The molecule has 4 aromatic rings. The maximum atomic E-state index is 12.6. The summed E-state index contributed by atoms with van der Waals surface area (Å²) in [6.45, 7) is 0.409. The van der Waals surface area contributed by atoms with E-state index in [1.165, 1.54) is 0 Å². The molecule has 8 heteroatoms. The molecule has 0 bridgehead atoms. The second kappa shape index (κ2) is 9.53. The van der Waals surface area contributed by atoms with E-state index in [1.54, 1.807) is 43.8 Å². The van der Waals surface area contributed by atoms with Crippen molar-refractivity contribution in [3.05, 3.63) is 90.1 Å². The number of nitrogens with zero attached hydrogens (tertiary/aromatic N) is 3. The molecule has 0 aliphatic carbocycles. The van der Waals surface area contributed by atoms with E-state index in [4.69, 9.17) is 14.0 Å². The van der Waals surface area contributed by atoms with Gasteiger partial charge in [-0.1, -0.05) is 23.4 Å². The number of hydrogen-bond acceptors (Lipinski definition) is 7. The van der Waals surface area contributed by atoms with Crippen LogP contribution in [-0.2, 0) is 13.2 Å². The zero-order chi connectivity index (χ0) is 21.5. The molecule has 0 aliphatic rings. The monoisotopic (exact) mass is 416 g/mol. The number of benzene rings is 2. The number of nitrogens with one attached hydrogen (secondary N) is 1. The van der Waals surface area contributed by atoms with Crippen LogP contribution in [-0.4, -0.2) is 28.1 Å². The Kier molecular flexibility index (Phi) is 6.18. The number of para-hydroxylation sites is 1. The van der Waals surface area contributed by atoms with Gasteiger partial charge in [0.25, 0.3) is 11.8 Å². The van der Waals surface area contributed by atoms with E-state index in [0.717, 1.165) is 16.9 Å². The summed E-state index contributed by atoms with van der Waals surface area (Å²) in [5.41, 5.74) is 2.12. The molecule has 0 radical (unpaired) electrons. The van der Waals surface area contributed by atoms with Gasteiger partial charge in [0.15, 0.2) is 6.61 Å². The number of pyridine rings is 1. The van der Waals surface area contributed by atoms with Crippen molar-refractivity contribution in [2.75, 3.05) is 7.11 Å². The Morgan fingerprint density at radius 1 is 1.06 bits per heavy atom. The van der Waals surface area contributed by atoms with Crippen molar-refractivity contribution in [2.24, 2.45) is 0 Å². The Labute approximate surface area is 178 Å². The lowest BCUT2D eigenvalue weighted by atomic mass is 10.2. The Morgan fingerprint density at radius 2 is 1.90 bits per heavy atom. The van der Waals surface area contributed by atoms with Gasteiger partial charge in [-0.2, -0.15) is 4.98 Å². The third-order valence-electron chi connectivity index (χ3n) is 4.48. The second-order valence-corrected chi connectivity index (χ2v) is 6.57. The molecule has 0 saturated heterocycles. The van der Waals surface area contributed by atoms with Gasteiger partial charge in [-0.25, -0.2) is 0 Å². The van der Waals surface area contributed by atoms with E-state index in [0.29, 0.717) is 29.6 Å². The second-order valence-electron chi connectivity index (χ2n) is 6.57. The van der Waals surface area contributed by atoms with Gasteiger partial charge in [-0.15, -0.1) is 0 Å². The van der Waals surface area contributed by atoms with E-state index in [-0.39, 0.29) is 12.5 Å². The zero-order valence-electron chi connectivity index (χ0n) is 16.8. The minimum atomic E-state index is -0.246. The Bertz CT molecular complexity index is 1140. The maximum absolute atomic E-state index is 12.6. The van der Waals surface area contributed by atoms with Crippen molar-refractivity contribution in [1.29, 1.82) is 0 Å². The van der Waals surface area contributed by atoms with Gasteiger partial charge in [-0.3, -0.25) is 9.78 Å². The number of carbonyl (C=O) groups is 1. The first kappa shape index (κ1) is 20.1. The first-order valence-corrected chi connectivity index (χ1v) is 9.59. The Balaban J connectivity index is 1.40. The van der Waals surface area contributed by atoms with E-state index in [9.17, 15) is 4.79 Å². The Hall–Kier alpha value is -4.20. The van der Waals surface area contributed by atoms with Gasteiger partial charge in [0.05, 0.1) is 12.7 Å². The minimum Gasteiger partial charge on any atom is -0.497 e. The standard InChI is InChI=1S/C23H20N4O4/c1-29-18-10-8-17(9-11-18)22-26-21(31-27-22)15-30-20-7-3-2-6-19(20)23(28)25-14-16-5-4-12-24-13-16/h2-13H,14-15H2,1H3,(H,25,28). The van der Waals surface area contributed by atoms with Crippen LogP contribution in [0.4, 0.5) is 0 Å². The number of hydrogen-bond donors (Lipinski definition) is 1. The summed E-state index contributed by atoms with van der Waals surface area (Å²) in [7, 11) is 1.61. The highest BCUT2D eigenvalue weighted by Crippen LogP contribution is 2.22. The first-order chi connectivity index (χ1) is 15.2. The molecule has 0 fully saturated rings. The molecule has 2 aromatic heterocycles. The van der Waals surface area contributed by atoms with Crippen LogP contribution in [0.3, 0.4) is 0 Å². The summed E-state index contributed by atoms with van der Waals surface area (Å²) in [4.78, 5) is 21.0. The van der Waals surface area contributed by atoms with Gasteiger partial charge in [0, 0.05) is 24.5 Å². The minimum absolute atomic E-state index is 0.0378. The van der Waals surface area contributed by atoms with Gasteiger partial charge in [-0.05, 0) is 48.0 Å². The fourth-order valence-corrected chi connectivity index (χ4v) is 2.87. The molecule has 31 heavy (non-hydrogen) atoms. The summed E-state index contributed by atoms with van der Waals surface area (Å²) < 4.78 is 16.2. The van der Waals surface area contributed by atoms with Crippen LogP contribution in [0, 0.1) is 0 Å². The van der Waals surface area contributed by atoms with Gasteiger partial charge >= 0.3 is 0 Å². The van der Waals surface area contributed by atoms with Gasteiger partial charge < -0.3 is 19.3 Å². The molecular formula is C23H20N4O4. The molecule has 2 heterocycles.